The van der Waals surface area contributed by atoms with E-state index in [1.54, 1.807) is 0 Å². The lowest BCUT2D eigenvalue weighted by atomic mass is 10.0. The normalized spacial score (nSPS) is 11.2. The van der Waals surface area contributed by atoms with Gasteiger partial charge in [0.05, 0.1) is 12.7 Å². The summed E-state index contributed by atoms with van der Waals surface area (Å²) in [5.74, 6) is -0.283. The van der Waals surface area contributed by atoms with Gasteiger partial charge in [-0.15, -0.1) is 0 Å². The second-order valence-corrected chi connectivity index (χ2v) is 4.21. The van der Waals surface area contributed by atoms with Crippen LogP contribution in [-0.4, -0.2) is 22.9 Å². The van der Waals surface area contributed by atoms with Crippen LogP contribution in [0.25, 0.3) is 0 Å². The Morgan fingerprint density at radius 3 is 2.33 bits per heavy atom. The van der Waals surface area contributed by atoms with Gasteiger partial charge in [-0.25, -0.2) is 9.97 Å². The molecule has 2 rings (SSSR count). The van der Waals surface area contributed by atoms with Crippen LogP contribution in [0.4, 0.5) is 13.2 Å². The Kier molecular flexibility index (Phi) is 4.21. The standard InChI is InChI=1S/C14H11F3N2O2/c1-21-13-12(18-6-7-19-13)11(20)8-9-2-4-10(5-3-9)14(15,16)17/h2-7H,8H2,1H3. The number of ether oxygens (including phenoxy) is 1. The molecule has 0 atom stereocenters. The minimum atomic E-state index is -4.39. The first-order valence-electron chi connectivity index (χ1n) is 5.96. The van der Waals surface area contributed by atoms with Gasteiger partial charge in [0.2, 0.25) is 5.88 Å². The molecular weight excluding hydrogens is 285 g/mol. The molecule has 7 heteroatoms. The van der Waals surface area contributed by atoms with E-state index in [1.807, 2.05) is 0 Å². The number of carbonyl (C=O) groups excluding carboxylic acids is 1. The van der Waals surface area contributed by atoms with Crippen molar-refractivity contribution in [3.63, 3.8) is 0 Å². The number of Topliss-reactive ketones (excluding diaryl/α,β-unsaturated/α-hetero) is 1. The maximum absolute atomic E-state index is 12.4. The Bertz CT molecular complexity index is 639. The third-order valence-corrected chi connectivity index (χ3v) is 2.77. The average molecular weight is 296 g/mol. The third kappa shape index (κ3) is 3.56. The van der Waals surface area contributed by atoms with Gasteiger partial charge in [0.25, 0.3) is 0 Å². The van der Waals surface area contributed by atoms with Crippen LogP contribution in [0.15, 0.2) is 36.7 Å². The maximum Gasteiger partial charge on any atom is 0.416 e. The number of rotatable bonds is 4. The number of carbonyl (C=O) groups is 1. The fourth-order valence-electron chi connectivity index (χ4n) is 1.75. The molecule has 1 aromatic heterocycles. The highest BCUT2D eigenvalue weighted by molar-refractivity contribution is 5.97. The van der Waals surface area contributed by atoms with E-state index in [1.165, 1.54) is 31.6 Å². The van der Waals surface area contributed by atoms with Crippen LogP contribution in [0.2, 0.25) is 0 Å². The van der Waals surface area contributed by atoms with E-state index in [4.69, 9.17) is 4.74 Å². The fourth-order valence-corrected chi connectivity index (χ4v) is 1.75. The topological polar surface area (TPSA) is 52.1 Å². The van der Waals surface area contributed by atoms with Crippen LogP contribution in [0, 0.1) is 0 Å². The molecule has 0 bridgehead atoms. The lowest BCUT2D eigenvalue weighted by molar-refractivity contribution is -0.137. The summed E-state index contributed by atoms with van der Waals surface area (Å²) in [6.07, 6.45) is -1.74. The lowest BCUT2D eigenvalue weighted by Crippen LogP contribution is -2.10. The molecule has 0 spiro atoms. The SMILES string of the molecule is COc1nccnc1C(=O)Cc1ccc(C(F)(F)F)cc1. The van der Waals surface area contributed by atoms with E-state index in [0.717, 1.165) is 12.1 Å². The molecule has 2 aromatic rings. The molecule has 0 aliphatic carbocycles. The van der Waals surface area contributed by atoms with Crippen LogP contribution < -0.4 is 4.74 Å². The molecule has 0 aliphatic rings. The third-order valence-electron chi connectivity index (χ3n) is 2.77. The second-order valence-electron chi connectivity index (χ2n) is 4.21. The van der Waals surface area contributed by atoms with Crippen molar-refractivity contribution in [2.24, 2.45) is 0 Å². The Morgan fingerprint density at radius 2 is 1.76 bits per heavy atom. The molecule has 110 valence electrons. The maximum atomic E-state index is 12.4. The first-order valence-corrected chi connectivity index (χ1v) is 5.96. The van der Waals surface area contributed by atoms with Crippen molar-refractivity contribution in [2.45, 2.75) is 12.6 Å². The number of benzene rings is 1. The Balaban J connectivity index is 2.16. The summed E-state index contributed by atoms with van der Waals surface area (Å²) in [5, 5.41) is 0. The monoisotopic (exact) mass is 296 g/mol. The Labute approximate surface area is 118 Å². The molecular formula is C14H11F3N2O2. The Hall–Kier alpha value is -2.44. The van der Waals surface area contributed by atoms with Gasteiger partial charge >= 0.3 is 6.18 Å². The average Bonchev–Trinajstić information content (AvgIpc) is 2.46. The van der Waals surface area contributed by atoms with Gasteiger partial charge in [0.1, 0.15) is 0 Å². The number of alkyl halides is 3. The van der Waals surface area contributed by atoms with E-state index >= 15 is 0 Å². The highest BCUT2D eigenvalue weighted by Gasteiger charge is 2.30. The summed E-state index contributed by atoms with van der Waals surface area (Å²) in [4.78, 5) is 19.8. The van der Waals surface area contributed by atoms with E-state index in [-0.39, 0.29) is 23.8 Å². The number of halogens is 3. The van der Waals surface area contributed by atoms with Crippen LogP contribution in [-0.2, 0) is 12.6 Å². The van der Waals surface area contributed by atoms with Crippen LogP contribution in [0.1, 0.15) is 21.6 Å². The zero-order valence-corrected chi connectivity index (χ0v) is 11.0. The molecule has 0 fully saturated rings. The summed E-state index contributed by atoms with van der Waals surface area (Å²) < 4.78 is 42.3. The van der Waals surface area contributed by atoms with Crippen molar-refractivity contribution in [1.82, 2.24) is 9.97 Å². The number of ketones is 1. The van der Waals surface area contributed by atoms with Gasteiger partial charge in [-0.1, -0.05) is 12.1 Å². The highest BCUT2D eigenvalue weighted by Crippen LogP contribution is 2.29. The number of nitrogens with zero attached hydrogens (tertiary/aromatic N) is 2. The van der Waals surface area contributed by atoms with E-state index in [0.29, 0.717) is 5.56 Å². The summed E-state index contributed by atoms with van der Waals surface area (Å²) >= 11 is 0. The predicted molar refractivity (Wildman–Crippen MR) is 68.1 cm³/mol. The van der Waals surface area contributed by atoms with Crippen LogP contribution in [0.5, 0.6) is 5.88 Å². The molecule has 0 aliphatic heterocycles. The van der Waals surface area contributed by atoms with Gasteiger partial charge in [0.15, 0.2) is 11.5 Å². The summed E-state index contributed by atoms with van der Waals surface area (Å²) in [6.45, 7) is 0. The molecule has 1 heterocycles. The molecule has 4 nitrogen and oxygen atoms in total. The van der Waals surface area contributed by atoms with E-state index in [9.17, 15) is 18.0 Å². The van der Waals surface area contributed by atoms with Crippen molar-refractivity contribution in [2.75, 3.05) is 7.11 Å². The fraction of sp³-hybridized carbons (Fsp3) is 0.214. The highest BCUT2D eigenvalue weighted by atomic mass is 19.4. The van der Waals surface area contributed by atoms with Gasteiger partial charge in [-0.2, -0.15) is 13.2 Å². The molecule has 0 saturated heterocycles. The Morgan fingerprint density at radius 1 is 1.14 bits per heavy atom. The van der Waals surface area contributed by atoms with Gasteiger partial charge in [-0.3, -0.25) is 4.79 Å². The molecule has 1 aromatic carbocycles. The largest absolute Gasteiger partial charge is 0.479 e. The summed E-state index contributed by atoms with van der Waals surface area (Å²) in [7, 11) is 1.36. The molecule has 0 radical (unpaired) electrons. The van der Waals surface area contributed by atoms with Gasteiger partial charge < -0.3 is 4.74 Å². The molecule has 21 heavy (non-hydrogen) atoms. The minimum absolute atomic E-state index is 0.0555. The molecule has 0 saturated carbocycles. The van der Waals surface area contributed by atoms with Gasteiger partial charge in [-0.05, 0) is 17.7 Å². The molecule has 0 amide bonds. The first-order chi connectivity index (χ1) is 9.91. The number of hydrogen-bond acceptors (Lipinski definition) is 4. The van der Waals surface area contributed by atoms with Crippen molar-refractivity contribution in [3.8, 4) is 5.88 Å². The molecule has 0 N–H and O–H groups in total. The van der Waals surface area contributed by atoms with Gasteiger partial charge in [0, 0.05) is 18.8 Å². The number of methoxy groups -OCH3 is 1. The van der Waals surface area contributed by atoms with Crippen molar-refractivity contribution in [1.29, 1.82) is 0 Å². The molecule has 0 unspecified atom stereocenters. The second kappa shape index (κ2) is 5.90. The zero-order valence-electron chi connectivity index (χ0n) is 11.0. The van der Waals surface area contributed by atoms with Crippen LogP contribution >= 0.6 is 0 Å². The predicted octanol–water partition coefficient (Wildman–Crippen LogP) is 2.93. The smallest absolute Gasteiger partial charge is 0.416 e. The summed E-state index contributed by atoms with van der Waals surface area (Å²) in [6, 6.07) is 4.42. The lowest BCUT2D eigenvalue weighted by Gasteiger charge is -2.08. The zero-order chi connectivity index (χ0) is 15.5. The summed E-state index contributed by atoms with van der Waals surface area (Å²) in [5.41, 5.74) is -0.239. The van der Waals surface area contributed by atoms with Crippen molar-refractivity contribution < 1.29 is 22.7 Å². The quantitative estimate of drug-likeness (QED) is 0.814. The van der Waals surface area contributed by atoms with E-state index in [2.05, 4.69) is 9.97 Å². The number of aromatic nitrogens is 2. The minimum Gasteiger partial charge on any atom is -0.479 e. The first kappa shape index (κ1) is 15.0. The van der Waals surface area contributed by atoms with Crippen molar-refractivity contribution in [3.05, 3.63) is 53.5 Å². The van der Waals surface area contributed by atoms with Crippen molar-refractivity contribution >= 4 is 5.78 Å². The van der Waals surface area contributed by atoms with Crippen LogP contribution in [0.3, 0.4) is 0 Å². The van der Waals surface area contributed by atoms with E-state index < -0.39 is 11.7 Å². The number of hydrogen-bond donors (Lipinski definition) is 0.